The van der Waals surface area contributed by atoms with Crippen molar-refractivity contribution in [2.75, 3.05) is 32.4 Å². The predicted octanol–water partition coefficient (Wildman–Crippen LogP) is 2.14. The summed E-state index contributed by atoms with van der Waals surface area (Å²) >= 11 is 0. The van der Waals surface area contributed by atoms with Crippen LogP contribution < -0.4 is 5.32 Å². The van der Waals surface area contributed by atoms with Crippen LogP contribution in [-0.2, 0) is 16.0 Å². The molecule has 1 aromatic rings. The lowest BCUT2D eigenvalue weighted by Crippen LogP contribution is -2.57. The van der Waals surface area contributed by atoms with Crippen LogP contribution >= 0.6 is 0 Å². The number of guanidine groups is 1. The number of hydrogen-bond acceptors (Lipinski definition) is 3. The molecule has 1 N–H and O–H groups in total. The van der Waals surface area contributed by atoms with Crippen LogP contribution in [0.5, 0.6) is 0 Å². The van der Waals surface area contributed by atoms with Gasteiger partial charge in [0.05, 0.1) is 22.6 Å². The van der Waals surface area contributed by atoms with Crippen LogP contribution in [0.4, 0.5) is 13.2 Å². The maximum Gasteiger partial charge on any atom is 0.416 e. The summed E-state index contributed by atoms with van der Waals surface area (Å²) in [5.74, 6) is 6.21. The summed E-state index contributed by atoms with van der Waals surface area (Å²) in [4.78, 5) is 6.01. The highest BCUT2D eigenvalue weighted by atomic mass is 32.2. The Kier molecular flexibility index (Phi) is 6.10. The van der Waals surface area contributed by atoms with E-state index in [0.29, 0.717) is 24.6 Å². The molecule has 1 aliphatic rings. The van der Waals surface area contributed by atoms with Crippen molar-refractivity contribution >= 4 is 15.8 Å². The standard InChI is InChI=1S/C18H22F3N3O2S/c1-17(2)13-24(11-12-27(17,25)26)16(22-3)23-10-4-5-14-6-8-15(9-7-14)18(19,20)21/h6-9H,10-13H2,1-3H3,(H,22,23). The van der Waals surface area contributed by atoms with Gasteiger partial charge in [-0.1, -0.05) is 11.8 Å². The Morgan fingerprint density at radius 2 is 1.93 bits per heavy atom. The minimum Gasteiger partial charge on any atom is -0.345 e. The van der Waals surface area contributed by atoms with E-state index >= 15 is 0 Å². The summed E-state index contributed by atoms with van der Waals surface area (Å²) in [7, 11) is -1.54. The first-order valence-electron chi connectivity index (χ1n) is 8.30. The summed E-state index contributed by atoms with van der Waals surface area (Å²) in [5.41, 5.74) is -0.237. The fraction of sp³-hybridized carbons (Fsp3) is 0.500. The van der Waals surface area contributed by atoms with Gasteiger partial charge in [-0.15, -0.1) is 0 Å². The molecule has 0 aliphatic carbocycles. The number of halogens is 3. The van der Waals surface area contributed by atoms with Crippen molar-refractivity contribution < 1.29 is 21.6 Å². The van der Waals surface area contributed by atoms with Gasteiger partial charge in [0.15, 0.2) is 15.8 Å². The Balaban J connectivity index is 1.96. The third-order valence-electron chi connectivity index (χ3n) is 4.33. The highest BCUT2D eigenvalue weighted by Crippen LogP contribution is 2.29. The lowest BCUT2D eigenvalue weighted by atomic mass is 10.1. The molecule has 9 heteroatoms. The summed E-state index contributed by atoms with van der Waals surface area (Å²) < 4.78 is 60.9. The van der Waals surface area contributed by atoms with E-state index in [4.69, 9.17) is 0 Å². The van der Waals surface area contributed by atoms with E-state index in [2.05, 4.69) is 22.2 Å². The zero-order chi connectivity index (χ0) is 20.3. The molecule has 0 saturated carbocycles. The second kappa shape index (κ2) is 7.80. The van der Waals surface area contributed by atoms with Gasteiger partial charge in [-0.25, -0.2) is 8.42 Å². The van der Waals surface area contributed by atoms with E-state index in [1.165, 1.54) is 12.1 Å². The Bertz CT molecular complexity index is 864. The first kappa shape index (κ1) is 21.1. The average Bonchev–Trinajstić information content (AvgIpc) is 2.57. The van der Waals surface area contributed by atoms with Crippen molar-refractivity contribution in [1.29, 1.82) is 0 Å². The van der Waals surface area contributed by atoms with Crippen LogP contribution in [0.3, 0.4) is 0 Å². The number of hydrogen-bond donors (Lipinski definition) is 1. The number of benzene rings is 1. The van der Waals surface area contributed by atoms with E-state index in [1.807, 2.05) is 4.90 Å². The molecule has 0 radical (unpaired) electrons. The number of nitrogens with zero attached hydrogens (tertiary/aromatic N) is 2. The largest absolute Gasteiger partial charge is 0.416 e. The van der Waals surface area contributed by atoms with Crippen LogP contribution in [0.2, 0.25) is 0 Å². The molecule has 1 saturated heterocycles. The summed E-state index contributed by atoms with van der Waals surface area (Å²) in [5, 5.41) is 3.04. The molecule has 148 valence electrons. The van der Waals surface area contributed by atoms with Crippen molar-refractivity contribution in [2.45, 2.75) is 24.8 Å². The van der Waals surface area contributed by atoms with Crippen LogP contribution in [0.15, 0.2) is 29.3 Å². The van der Waals surface area contributed by atoms with E-state index in [-0.39, 0.29) is 12.3 Å². The van der Waals surface area contributed by atoms with Gasteiger partial charge in [0.2, 0.25) is 0 Å². The van der Waals surface area contributed by atoms with Gasteiger partial charge in [-0.2, -0.15) is 13.2 Å². The normalized spacial score (nSPS) is 19.2. The van der Waals surface area contributed by atoms with Gasteiger partial charge < -0.3 is 10.2 Å². The molecule has 5 nitrogen and oxygen atoms in total. The maximum atomic E-state index is 12.5. The van der Waals surface area contributed by atoms with Gasteiger partial charge in [0.25, 0.3) is 0 Å². The van der Waals surface area contributed by atoms with Gasteiger partial charge in [-0.3, -0.25) is 4.99 Å². The Morgan fingerprint density at radius 3 is 2.44 bits per heavy atom. The van der Waals surface area contributed by atoms with Gasteiger partial charge in [0, 0.05) is 25.7 Å². The fourth-order valence-electron chi connectivity index (χ4n) is 2.67. The molecule has 1 aromatic carbocycles. The second-order valence-corrected chi connectivity index (χ2v) is 9.52. The molecule has 0 atom stereocenters. The van der Waals surface area contributed by atoms with Crippen LogP contribution in [0.1, 0.15) is 25.0 Å². The third kappa shape index (κ3) is 5.16. The number of alkyl halides is 3. The first-order valence-corrected chi connectivity index (χ1v) is 9.95. The van der Waals surface area contributed by atoms with E-state index in [1.54, 1.807) is 20.9 Å². The van der Waals surface area contributed by atoms with E-state index < -0.39 is 26.3 Å². The van der Waals surface area contributed by atoms with E-state index in [0.717, 1.165) is 12.1 Å². The number of nitrogens with one attached hydrogen (secondary N) is 1. The van der Waals surface area contributed by atoms with Crippen molar-refractivity contribution in [3.8, 4) is 11.8 Å². The molecule has 27 heavy (non-hydrogen) atoms. The summed E-state index contributed by atoms with van der Waals surface area (Å²) in [6.45, 7) is 4.27. The van der Waals surface area contributed by atoms with Gasteiger partial charge in [-0.05, 0) is 38.1 Å². The van der Waals surface area contributed by atoms with Crippen molar-refractivity contribution in [3.63, 3.8) is 0 Å². The smallest absolute Gasteiger partial charge is 0.345 e. The topological polar surface area (TPSA) is 61.8 Å². The molecule has 1 heterocycles. The molecule has 0 bridgehead atoms. The molecule has 0 aromatic heterocycles. The molecule has 0 unspecified atom stereocenters. The van der Waals surface area contributed by atoms with Crippen LogP contribution in [0.25, 0.3) is 0 Å². The SMILES string of the molecule is CN=C(NCC#Cc1ccc(C(F)(F)F)cc1)N1CCS(=O)(=O)C(C)(C)C1. The van der Waals surface area contributed by atoms with Crippen molar-refractivity contribution in [3.05, 3.63) is 35.4 Å². The van der Waals surface area contributed by atoms with Crippen molar-refractivity contribution in [2.24, 2.45) is 4.99 Å². The highest BCUT2D eigenvalue weighted by Gasteiger charge is 2.40. The zero-order valence-electron chi connectivity index (χ0n) is 15.4. The average molecular weight is 401 g/mol. The molecular weight excluding hydrogens is 379 g/mol. The van der Waals surface area contributed by atoms with Crippen LogP contribution in [-0.4, -0.2) is 56.5 Å². The van der Waals surface area contributed by atoms with Gasteiger partial charge >= 0.3 is 6.18 Å². The molecule has 0 amide bonds. The van der Waals surface area contributed by atoms with Crippen molar-refractivity contribution in [1.82, 2.24) is 10.2 Å². The minimum absolute atomic E-state index is 0.0535. The maximum absolute atomic E-state index is 12.5. The molecule has 1 aliphatic heterocycles. The lowest BCUT2D eigenvalue weighted by Gasteiger charge is -2.39. The minimum atomic E-state index is -4.37. The quantitative estimate of drug-likeness (QED) is 0.445. The summed E-state index contributed by atoms with van der Waals surface area (Å²) in [6, 6.07) is 4.63. The number of rotatable bonds is 1. The Hall–Kier alpha value is -2.21. The number of aliphatic imine (C=N–C) groups is 1. The predicted molar refractivity (Wildman–Crippen MR) is 99.1 cm³/mol. The fourth-order valence-corrected chi connectivity index (χ4v) is 4.03. The molecule has 0 spiro atoms. The number of sulfone groups is 1. The summed E-state index contributed by atoms with van der Waals surface area (Å²) in [6.07, 6.45) is -4.37. The van der Waals surface area contributed by atoms with Gasteiger partial charge in [0.1, 0.15) is 0 Å². The monoisotopic (exact) mass is 401 g/mol. The first-order chi connectivity index (χ1) is 12.5. The molecule has 1 fully saturated rings. The Labute approximate surface area is 157 Å². The van der Waals surface area contributed by atoms with Crippen LogP contribution in [0, 0.1) is 11.8 Å². The molecular formula is C18H22F3N3O2S. The lowest BCUT2D eigenvalue weighted by molar-refractivity contribution is -0.137. The zero-order valence-corrected chi connectivity index (χ0v) is 16.2. The second-order valence-electron chi connectivity index (χ2n) is 6.78. The van der Waals surface area contributed by atoms with E-state index in [9.17, 15) is 21.6 Å². The highest BCUT2D eigenvalue weighted by molar-refractivity contribution is 7.92. The Morgan fingerprint density at radius 1 is 1.30 bits per heavy atom. The third-order valence-corrected chi connectivity index (χ3v) is 6.87. The molecule has 2 rings (SSSR count).